The predicted molar refractivity (Wildman–Crippen MR) is 169 cm³/mol. The molecule has 3 aromatic carbocycles. The number of hydrogen-bond acceptors (Lipinski definition) is 4. The first-order valence-corrected chi connectivity index (χ1v) is 15.8. The monoisotopic (exact) mass is 585 g/mol. The van der Waals surface area contributed by atoms with Crippen molar-refractivity contribution in [2.75, 3.05) is 31.1 Å². The van der Waals surface area contributed by atoms with E-state index >= 15 is 0 Å². The first-order valence-electron chi connectivity index (χ1n) is 14.5. The van der Waals surface area contributed by atoms with E-state index in [1.54, 1.807) is 11.8 Å². The highest BCUT2D eigenvalue weighted by Crippen LogP contribution is 2.45. The second kappa shape index (κ2) is 12.3. The molecular formula is C34H36ClN3O2S. The molecule has 41 heavy (non-hydrogen) atoms. The summed E-state index contributed by atoms with van der Waals surface area (Å²) in [7, 11) is 0. The van der Waals surface area contributed by atoms with Crippen LogP contribution in [0.2, 0.25) is 5.02 Å². The van der Waals surface area contributed by atoms with Gasteiger partial charge in [-0.05, 0) is 61.6 Å². The van der Waals surface area contributed by atoms with Gasteiger partial charge in [0.1, 0.15) is 0 Å². The molecule has 0 N–H and O–H groups in total. The molecule has 3 aliphatic rings. The van der Waals surface area contributed by atoms with Crippen LogP contribution < -0.4 is 4.90 Å². The summed E-state index contributed by atoms with van der Waals surface area (Å²) >= 11 is 7.92. The van der Waals surface area contributed by atoms with Crippen molar-refractivity contribution in [3.05, 3.63) is 105 Å². The number of thioether (sulfide) groups is 1. The van der Waals surface area contributed by atoms with Crippen LogP contribution in [0.4, 0.5) is 5.69 Å². The number of halogens is 1. The molecule has 212 valence electrons. The van der Waals surface area contributed by atoms with Crippen LogP contribution in [0.25, 0.3) is 6.08 Å². The summed E-state index contributed by atoms with van der Waals surface area (Å²) < 4.78 is 0. The maximum atomic E-state index is 14.0. The first-order chi connectivity index (χ1) is 19.9. The first kappa shape index (κ1) is 27.9. The van der Waals surface area contributed by atoms with Crippen molar-refractivity contribution in [3.8, 4) is 0 Å². The van der Waals surface area contributed by atoms with Gasteiger partial charge in [-0.2, -0.15) is 0 Å². The Morgan fingerprint density at radius 2 is 1.73 bits per heavy atom. The van der Waals surface area contributed by atoms with E-state index in [2.05, 4.69) is 47.1 Å². The minimum Gasteiger partial charge on any atom is -0.368 e. The molecule has 0 bridgehead atoms. The number of carbonyl (C=O) groups excluding carboxylic acids is 2. The van der Waals surface area contributed by atoms with Crippen LogP contribution in [-0.4, -0.2) is 59.1 Å². The van der Waals surface area contributed by atoms with Crippen molar-refractivity contribution < 1.29 is 9.59 Å². The van der Waals surface area contributed by atoms with Gasteiger partial charge in [-0.1, -0.05) is 77.8 Å². The summed E-state index contributed by atoms with van der Waals surface area (Å²) in [6, 6.07) is 26.4. The molecule has 6 rings (SSSR count). The Balaban J connectivity index is 1.18. The molecule has 2 amide bonds. The van der Waals surface area contributed by atoms with E-state index in [0.717, 1.165) is 59.1 Å². The number of rotatable bonds is 5. The van der Waals surface area contributed by atoms with Crippen molar-refractivity contribution in [2.24, 2.45) is 5.92 Å². The quantitative estimate of drug-likeness (QED) is 0.314. The number of amides is 2. The van der Waals surface area contributed by atoms with Gasteiger partial charge >= 0.3 is 0 Å². The van der Waals surface area contributed by atoms with Gasteiger partial charge in [0.2, 0.25) is 5.91 Å². The summed E-state index contributed by atoms with van der Waals surface area (Å²) in [5, 5.41) is 1.02. The highest BCUT2D eigenvalue weighted by Gasteiger charge is 2.45. The van der Waals surface area contributed by atoms with Gasteiger partial charge in [0.15, 0.2) is 0 Å². The molecule has 3 fully saturated rings. The second-order valence-corrected chi connectivity index (χ2v) is 13.1. The van der Waals surface area contributed by atoms with Gasteiger partial charge in [-0.3, -0.25) is 9.59 Å². The molecule has 2 aliphatic heterocycles. The molecule has 2 saturated heterocycles. The number of anilines is 1. The molecule has 3 unspecified atom stereocenters. The van der Waals surface area contributed by atoms with E-state index in [0.29, 0.717) is 19.6 Å². The predicted octanol–water partition coefficient (Wildman–Crippen LogP) is 6.65. The molecule has 2 heterocycles. The molecule has 1 aliphatic carbocycles. The third kappa shape index (κ3) is 6.34. The molecular weight excluding hydrogens is 550 g/mol. The average molecular weight is 586 g/mol. The van der Waals surface area contributed by atoms with Crippen LogP contribution >= 0.6 is 23.4 Å². The highest BCUT2D eigenvalue weighted by atomic mass is 35.5. The summed E-state index contributed by atoms with van der Waals surface area (Å²) in [5.41, 5.74) is 4.47. The minimum absolute atomic E-state index is 0.0383. The van der Waals surface area contributed by atoms with Gasteiger partial charge in [0.25, 0.3) is 5.91 Å². The lowest BCUT2D eigenvalue weighted by Crippen LogP contribution is -2.55. The Bertz CT molecular complexity index is 1440. The molecule has 0 radical (unpaired) electrons. The largest absolute Gasteiger partial charge is 0.368 e. The maximum Gasteiger partial charge on any atom is 0.260 e. The highest BCUT2D eigenvalue weighted by molar-refractivity contribution is 8.04. The number of aryl methyl sites for hydroxylation is 1. The molecule has 5 nitrogen and oxygen atoms in total. The lowest BCUT2D eigenvalue weighted by Gasteiger charge is -2.47. The lowest BCUT2D eigenvalue weighted by atomic mass is 9.83. The van der Waals surface area contributed by atoms with E-state index in [9.17, 15) is 9.59 Å². The molecule has 7 heteroatoms. The van der Waals surface area contributed by atoms with Crippen LogP contribution in [0.3, 0.4) is 0 Å². The van der Waals surface area contributed by atoms with Gasteiger partial charge in [-0.15, -0.1) is 11.8 Å². The van der Waals surface area contributed by atoms with Gasteiger partial charge in [0.05, 0.1) is 4.91 Å². The standard InChI is InChI=1S/C34H36ClN3O2S/c1-24-7-5-10-26(19-24)23-38-30-21-27(13-14-31(30)41-32(34(38)40)20-25-8-3-2-4-9-25)33(39)37-17-15-36(16-18-37)29-12-6-11-28(35)22-29/h2-12,19-20,22,27,30-31H,13-18,21,23H2,1H3/b32-20-. The molecule has 3 atom stereocenters. The third-order valence-electron chi connectivity index (χ3n) is 8.55. The van der Waals surface area contributed by atoms with Crippen molar-refractivity contribution in [1.82, 2.24) is 9.80 Å². The average Bonchev–Trinajstić information content (AvgIpc) is 2.99. The van der Waals surface area contributed by atoms with Gasteiger partial charge < -0.3 is 14.7 Å². The zero-order chi connectivity index (χ0) is 28.3. The number of nitrogens with zero attached hydrogens (tertiary/aromatic N) is 3. The number of benzene rings is 3. The fourth-order valence-electron chi connectivity index (χ4n) is 6.42. The fraction of sp³-hybridized carbons (Fsp3) is 0.353. The molecule has 1 saturated carbocycles. The van der Waals surface area contributed by atoms with E-state index in [-0.39, 0.29) is 29.0 Å². The lowest BCUT2D eigenvalue weighted by molar-refractivity contribution is -0.140. The van der Waals surface area contributed by atoms with Crippen LogP contribution in [0.5, 0.6) is 0 Å². The Morgan fingerprint density at radius 1 is 0.951 bits per heavy atom. The number of piperazine rings is 1. The van der Waals surface area contributed by atoms with Crippen molar-refractivity contribution in [1.29, 1.82) is 0 Å². The zero-order valence-electron chi connectivity index (χ0n) is 23.4. The number of carbonyl (C=O) groups is 2. The van der Waals surface area contributed by atoms with E-state index in [4.69, 9.17) is 11.6 Å². The van der Waals surface area contributed by atoms with Crippen molar-refractivity contribution in [2.45, 2.75) is 44.0 Å². The summed E-state index contributed by atoms with van der Waals surface area (Å²) in [4.78, 5) is 35.0. The van der Waals surface area contributed by atoms with E-state index < -0.39 is 0 Å². The Morgan fingerprint density at radius 3 is 2.49 bits per heavy atom. The van der Waals surface area contributed by atoms with Crippen molar-refractivity contribution in [3.63, 3.8) is 0 Å². The molecule has 3 aromatic rings. The topological polar surface area (TPSA) is 43.9 Å². The summed E-state index contributed by atoms with van der Waals surface area (Å²) in [5.74, 6) is 0.264. The van der Waals surface area contributed by atoms with Crippen molar-refractivity contribution >= 4 is 46.9 Å². The van der Waals surface area contributed by atoms with E-state index in [1.165, 1.54) is 5.56 Å². The molecule has 0 spiro atoms. The van der Waals surface area contributed by atoms with Gasteiger partial charge in [-0.25, -0.2) is 0 Å². The SMILES string of the molecule is Cc1cccc(CN2C(=O)/C(=C/c3ccccc3)SC3CCC(C(=O)N4CCN(c5cccc(Cl)c5)CC4)CC32)c1. The van der Waals surface area contributed by atoms with Crippen LogP contribution in [-0.2, 0) is 16.1 Å². The van der Waals surface area contributed by atoms with Crippen LogP contribution in [0.15, 0.2) is 83.8 Å². The normalized spacial score (nSPS) is 24.0. The van der Waals surface area contributed by atoms with E-state index in [1.807, 2.05) is 59.5 Å². The van der Waals surface area contributed by atoms with Crippen LogP contribution in [0, 0.1) is 12.8 Å². The van der Waals surface area contributed by atoms with Gasteiger partial charge in [0, 0.05) is 60.6 Å². The Labute approximate surface area is 252 Å². The number of fused-ring (bicyclic) bond motifs is 1. The smallest absolute Gasteiger partial charge is 0.260 e. The zero-order valence-corrected chi connectivity index (χ0v) is 25.0. The maximum absolute atomic E-state index is 14.0. The second-order valence-electron chi connectivity index (χ2n) is 11.4. The third-order valence-corrected chi connectivity index (χ3v) is 10.2. The summed E-state index contributed by atoms with van der Waals surface area (Å²) in [6.45, 7) is 5.66. The Hall–Kier alpha value is -3.22. The Kier molecular flexibility index (Phi) is 8.40. The number of hydrogen-bond donors (Lipinski definition) is 0. The van der Waals surface area contributed by atoms with Crippen LogP contribution in [0.1, 0.15) is 36.0 Å². The minimum atomic E-state index is -0.0537. The molecule has 0 aromatic heterocycles. The summed E-state index contributed by atoms with van der Waals surface area (Å²) in [6.07, 6.45) is 4.55. The fourth-order valence-corrected chi connectivity index (χ4v) is 8.02.